The monoisotopic (exact) mass is 235 g/mol. The number of rotatable bonds is 4. The molecule has 17 heavy (non-hydrogen) atoms. The molecule has 0 aromatic carbocycles. The van der Waals surface area contributed by atoms with Gasteiger partial charge in [-0.25, -0.2) is 4.79 Å². The van der Waals surface area contributed by atoms with Gasteiger partial charge in [-0.05, 0) is 18.6 Å². The van der Waals surface area contributed by atoms with Gasteiger partial charge in [0.05, 0.1) is 7.11 Å². The van der Waals surface area contributed by atoms with Crippen molar-refractivity contribution in [1.82, 2.24) is 14.6 Å². The van der Waals surface area contributed by atoms with Crippen LogP contribution in [0.2, 0.25) is 0 Å². The summed E-state index contributed by atoms with van der Waals surface area (Å²) >= 11 is 0. The minimum absolute atomic E-state index is 0.0787. The van der Waals surface area contributed by atoms with Crippen molar-refractivity contribution < 1.29 is 14.6 Å². The summed E-state index contributed by atoms with van der Waals surface area (Å²) in [7, 11) is 1.33. The zero-order chi connectivity index (χ0) is 12.3. The van der Waals surface area contributed by atoms with Crippen LogP contribution >= 0.6 is 0 Å². The van der Waals surface area contributed by atoms with Gasteiger partial charge in [0.15, 0.2) is 5.65 Å². The Morgan fingerprint density at radius 2 is 2.29 bits per heavy atom. The van der Waals surface area contributed by atoms with Crippen LogP contribution in [0.4, 0.5) is 0 Å². The molecule has 1 N–H and O–H groups in total. The normalized spacial score (nSPS) is 10.7. The third-order valence-electron chi connectivity index (χ3n) is 2.45. The van der Waals surface area contributed by atoms with E-state index in [-0.39, 0.29) is 6.61 Å². The molecule has 0 saturated carbocycles. The van der Waals surface area contributed by atoms with Crippen molar-refractivity contribution in [1.29, 1.82) is 0 Å². The fourth-order valence-corrected chi connectivity index (χ4v) is 1.66. The lowest BCUT2D eigenvalue weighted by molar-refractivity contribution is 0.0592. The van der Waals surface area contributed by atoms with Gasteiger partial charge in [0.2, 0.25) is 0 Å². The zero-order valence-corrected chi connectivity index (χ0v) is 9.46. The molecule has 2 aromatic heterocycles. The number of ether oxygens (including phenoxy) is 1. The predicted molar refractivity (Wildman–Crippen MR) is 59.7 cm³/mol. The molecule has 90 valence electrons. The molecule has 6 nitrogen and oxygen atoms in total. The van der Waals surface area contributed by atoms with Crippen molar-refractivity contribution in [3.8, 4) is 0 Å². The summed E-state index contributed by atoms with van der Waals surface area (Å²) in [5.74, 6) is 0.218. The number of methoxy groups -OCH3 is 1. The number of nitrogens with zero attached hydrogens (tertiary/aromatic N) is 3. The molecular weight excluding hydrogens is 222 g/mol. The number of aromatic nitrogens is 3. The van der Waals surface area contributed by atoms with E-state index in [2.05, 4.69) is 10.2 Å². The van der Waals surface area contributed by atoms with Crippen molar-refractivity contribution >= 4 is 11.6 Å². The Morgan fingerprint density at radius 3 is 3.00 bits per heavy atom. The van der Waals surface area contributed by atoms with Gasteiger partial charge < -0.3 is 9.84 Å². The number of carbonyl (C=O) groups is 1. The van der Waals surface area contributed by atoms with E-state index >= 15 is 0 Å². The Bertz CT molecular complexity index is 536. The first kappa shape index (κ1) is 11.5. The second-order valence-corrected chi connectivity index (χ2v) is 3.54. The maximum Gasteiger partial charge on any atom is 0.355 e. The van der Waals surface area contributed by atoms with Crippen LogP contribution < -0.4 is 0 Å². The molecule has 6 heteroatoms. The average Bonchev–Trinajstić information content (AvgIpc) is 2.78. The highest BCUT2D eigenvalue weighted by atomic mass is 16.5. The highest BCUT2D eigenvalue weighted by Crippen LogP contribution is 2.11. The third kappa shape index (κ3) is 2.12. The SMILES string of the molecule is COC(=O)c1cccc2nnc(CCCO)n12. The second-order valence-electron chi connectivity index (χ2n) is 3.54. The van der Waals surface area contributed by atoms with Crippen LogP contribution in [0.25, 0.3) is 5.65 Å². The van der Waals surface area contributed by atoms with E-state index in [0.29, 0.717) is 30.0 Å². The van der Waals surface area contributed by atoms with Crippen LogP contribution in [0.15, 0.2) is 18.2 Å². The number of aliphatic hydroxyl groups is 1. The maximum atomic E-state index is 11.6. The number of esters is 1. The number of carbonyl (C=O) groups excluding carboxylic acids is 1. The second kappa shape index (κ2) is 4.92. The molecule has 2 aromatic rings. The molecule has 2 heterocycles. The largest absolute Gasteiger partial charge is 0.464 e. The molecule has 0 aliphatic carbocycles. The van der Waals surface area contributed by atoms with Gasteiger partial charge in [-0.15, -0.1) is 10.2 Å². The Kier molecular flexibility index (Phi) is 3.34. The van der Waals surface area contributed by atoms with Gasteiger partial charge >= 0.3 is 5.97 Å². The number of pyridine rings is 1. The van der Waals surface area contributed by atoms with E-state index in [1.807, 2.05) is 0 Å². The summed E-state index contributed by atoms with van der Waals surface area (Å²) in [6.45, 7) is 0.0787. The number of aliphatic hydroxyl groups excluding tert-OH is 1. The van der Waals surface area contributed by atoms with Crippen molar-refractivity contribution in [2.45, 2.75) is 12.8 Å². The summed E-state index contributed by atoms with van der Waals surface area (Å²) in [6, 6.07) is 5.15. The van der Waals surface area contributed by atoms with Gasteiger partial charge in [-0.3, -0.25) is 4.40 Å². The summed E-state index contributed by atoms with van der Waals surface area (Å²) in [5, 5.41) is 16.8. The summed E-state index contributed by atoms with van der Waals surface area (Å²) < 4.78 is 6.36. The molecular formula is C11H13N3O3. The fraction of sp³-hybridized carbons (Fsp3) is 0.364. The highest BCUT2D eigenvalue weighted by molar-refractivity contribution is 5.88. The summed E-state index contributed by atoms with van der Waals surface area (Å²) in [6.07, 6.45) is 1.14. The van der Waals surface area contributed by atoms with Crippen molar-refractivity contribution in [2.75, 3.05) is 13.7 Å². The molecule has 0 atom stereocenters. The lowest BCUT2D eigenvalue weighted by atomic mass is 10.3. The van der Waals surface area contributed by atoms with Gasteiger partial charge in [-0.1, -0.05) is 6.07 Å². The number of aryl methyl sites for hydroxylation is 1. The molecule has 2 rings (SSSR count). The first-order chi connectivity index (χ1) is 8.27. The maximum absolute atomic E-state index is 11.6. The molecule has 0 spiro atoms. The Balaban J connectivity index is 2.51. The lowest BCUT2D eigenvalue weighted by Crippen LogP contribution is -2.10. The summed E-state index contributed by atoms with van der Waals surface area (Å²) in [5.41, 5.74) is 0.990. The standard InChI is InChI=1S/C11H13N3O3/c1-17-11(16)8-4-2-5-9-12-13-10(14(8)9)6-3-7-15/h2,4-5,15H,3,6-7H2,1H3. The zero-order valence-electron chi connectivity index (χ0n) is 9.46. The smallest absolute Gasteiger partial charge is 0.355 e. The van der Waals surface area contributed by atoms with E-state index in [4.69, 9.17) is 9.84 Å². The third-order valence-corrected chi connectivity index (χ3v) is 2.45. The van der Waals surface area contributed by atoms with E-state index in [1.165, 1.54) is 7.11 Å². The average molecular weight is 235 g/mol. The van der Waals surface area contributed by atoms with Gasteiger partial charge in [-0.2, -0.15) is 0 Å². The van der Waals surface area contributed by atoms with Gasteiger partial charge in [0, 0.05) is 13.0 Å². The molecule has 0 aliphatic heterocycles. The predicted octanol–water partition coefficient (Wildman–Crippen LogP) is 0.441. The van der Waals surface area contributed by atoms with Crippen LogP contribution in [0.5, 0.6) is 0 Å². The van der Waals surface area contributed by atoms with E-state index in [9.17, 15) is 4.79 Å². The highest BCUT2D eigenvalue weighted by Gasteiger charge is 2.14. The minimum Gasteiger partial charge on any atom is -0.464 e. The van der Waals surface area contributed by atoms with Crippen LogP contribution in [0.1, 0.15) is 22.7 Å². The van der Waals surface area contributed by atoms with E-state index in [1.54, 1.807) is 22.6 Å². The van der Waals surface area contributed by atoms with Crippen LogP contribution in [0, 0.1) is 0 Å². The molecule has 0 fully saturated rings. The molecule has 0 amide bonds. The fourth-order valence-electron chi connectivity index (χ4n) is 1.66. The van der Waals surface area contributed by atoms with Crippen molar-refractivity contribution in [3.05, 3.63) is 29.7 Å². The molecule has 0 bridgehead atoms. The van der Waals surface area contributed by atoms with E-state index < -0.39 is 5.97 Å². The molecule has 0 unspecified atom stereocenters. The quantitative estimate of drug-likeness (QED) is 0.778. The number of hydrogen-bond acceptors (Lipinski definition) is 5. The molecule has 0 saturated heterocycles. The van der Waals surface area contributed by atoms with Crippen LogP contribution in [-0.4, -0.2) is 39.4 Å². The minimum atomic E-state index is -0.430. The van der Waals surface area contributed by atoms with Crippen LogP contribution in [-0.2, 0) is 11.2 Å². The Hall–Kier alpha value is -1.95. The Morgan fingerprint density at radius 1 is 1.47 bits per heavy atom. The van der Waals surface area contributed by atoms with Gasteiger partial charge in [0.25, 0.3) is 0 Å². The first-order valence-electron chi connectivity index (χ1n) is 5.30. The molecule has 0 aliphatic rings. The first-order valence-corrected chi connectivity index (χ1v) is 5.30. The number of hydrogen-bond donors (Lipinski definition) is 1. The van der Waals surface area contributed by atoms with Crippen molar-refractivity contribution in [2.24, 2.45) is 0 Å². The number of fused-ring (bicyclic) bond motifs is 1. The topological polar surface area (TPSA) is 76.7 Å². The van der Waals surface area contributed by atoms with Crippen LogP contribution in [0.3, 0.4) is 0 Å². The molecule has 0 radical (unpaired) electrons. The van der Waals surface area contributed by atoms with E-state index in [0.717, 1.165) is 0 Å². The lowest BCUT2D eigenvalue weighted by Gasteiger charge is -2.05. The Labute approximate surface area is 97.9 Å². The van der Waals surface area contributed by atoms with Crippen molar-refractivity contribution in [3.63, 3.8) is 0 Å². The van der Waals surface area contributed by atoms with Gasteiger partial charge in [0.1, 0.15) is 11.5 Å². The summed E-state index contributed by atoms with van der Waals surface area (Å²) in [4.78, 5) is 11.6.